The summed E-state index contributed by atoms with van der Waals surface area (Å²) in [5, 5.41) is 21.0. The lowest BCUT2D eigenvalue weighted by atomic mass is 10.1. The number of aliphatic carboxylic acids is 1. The predicted octanol–water partition coefficient (Wildman–Crippen LogP) is -0.492. The number of hydrogen-bond donors (Lipinski definition) is 4. The number of carboxylic acids is 1. The smallest absolute Gasteiger partial charge is 0.326 e. The maximum absolute atomic E-state index is 11.9. The van der Waals surface area contributed by atoms with Gasteiger partial charge < -0.3 is 26.2 Å². The lowest BCUT2D eigenvalue weighted by Crippen LogP contribution is -2.51. The van der Waals surface area contributed by atoms with E-state index >= 15 is 0 Å². The molecule has 0 aromatic rings. The van der Waals surface area contributed by atoms with E-state index in [0.29, 0.717) is 6.54 Å². The zero-order valence-corrected chi connectivity index (χ0v) is 12.0. The van der Waals surface area contributed by atoms with E-state index in [1.54, 1.807) is 20.8 Å². The maximum atomic E-state index is 11.9. The molecule has 0 fully saturated rings. The molecule has 0 rings (SSSR count). The molecule has 8 heteroatoms. The average Bonchev–Trinajstić information content (AvgIpc) is 2.29. The van der Waals surface area contributed by atoms with Crippen LogP contribution in [0.1, 0.15) is 33.6 Å². The topological polar surface area (TPSA) is 133 Å². The molecule has 0 saturated carbocycles. The first-order valence-corrected chi connectivity index (χ1v) is 6.35. The highest BCUT2D eigenvalue weighted by Gasteiger charge is 2.26. The summed E-state index contributed by atoms with van der Waals surface area (Å²) in [7, 11) is 0. The fourth-order valence-electron chi connectivity index (χ4n) is 1.58. The second-order valence-corrected chi connectivity index (χ2v) is 5.17. The molecule has 5 N–H and O–H groups in total. The molecule has 3 amide bonds. The number of carbonyl (C=O) groups excluding carboxylic acids is 2. The van der Waals surface area contributed by atoms with E-state index in [2.05, 4.69) is 5.32 Å². The monoisotopic (exact) mass is 289 g/mol. The van der Waals surface area contributed by atoms with E-state index in [9.17, 15) is 19.5 Å². The standard InChI is InChI=1S/C12H23N3O5/c1-4-15(7-12(2,3)20)11(19)14-8(10(17)18)5-6-9(13)16/h8,20H,4-7H2,1-3H3,(H2,13,16)(H,14,19)(H,17,18)/t8-/m1/s1. The Labute approximate surface area is 117 Å². The van der Waals surface area contributed by atoms with Gasteiger partial charge in [0.2, 0.25) is 5.91 Å². The predicted molar refractivity (Wildman–Crippen MR) is 71.9 cm³/mol. The molecule has 0 bridgehead atoms. The number of nitrogens with zero attached hydrogens (tertiary/aromatic N) is 1. The molecule has 8 nitrogen and oxygen atoms in total. The van der Waals surface area contributed by atoms with Crippen LogP contribution in [0, 0.1) is 0 Å². The highest BCUT2D eigenvalue weighted by molar-refractivity contribution is 5.83. The van der Waals surface area contributed by atoms with Gasteiger partial charge in [-0.3, -0.25) is 4.79 Å². The molecule has 0 radical (unpaired) electrons. The summed E-state index contributed by atoms with van der Waals surface area (Å²) in [6.07, 6.45) is -0.203. The Bertz CT molecular complexity index is 365. The molecular formula is C12H23N3O5. The third-order valence-electron chi connectivity index (χ3n) is 2.52. The van der Waals surface area contributed by atoms with Crippen LogP contribution >= 0.6 is 0 Å². The normalized spacial score (nSPS) is 12.6. The highest BCUT2D eigenvalue weighted by Crippen LogP contribution is 2.06. The molecule has 0 aliphatic heterocycles. The lowest BCUT2D eigenvalue weighted by molar-refractivity contribution is -0.139. The van der Waals surface area contributed by atoms with Crippen molar-refractivity contribution in [2.24, 2.45) is 5.73 Å². The van der Waals surface area contributed by atoms with Crippen LogP contribution in [-0.4, -0.2) is 57.8 Å². The Morgan fingerprint density at radius 1 is 1.35 bits per heavy atom. The molecule has 0 aliphatic carbocycles. The van der Waals surface area contributed by atoms with Gasteiger partial charge >= 0.3 is 12.0 Å². The minimum atomic E-state index is -1.24. The molecule has 0 aromatic carbocycles. The number of amides is 3. The van der Waals surface area contributed by atoms with E-state index in [4.69, 9.17) is 10.8 Å². The Morgan fingerprint density at radius 3 is 2.25 bits per heavy atom. The van der Waals surface area contributed by atoms with E-state index < -0.39 is 29.6 Å². The third kappa shape index (κ3) is 7.57. The second kappa shape index (κ2) is 7.68. The van der Waals surface area contributed by atoms with Gasteiger partial charge in [0.25, 0.3) is 0 Å². The van der Waals surface area contributed by atoms with Gasteiger partial charge in [0.05, 0.1) is 12.1 Å². The van der Waals surface area contributed by atoms with Crippen LogP contribution in [0.15, 0.2) is 0 Å². The van der Waals surface area contributed by atoms with Gasteiger partial charge in [0, 0.05) is 13.0 Å². The van der Waals surface area contributed by atoms with Crippen molar-refractivity contribution in [2.75, 3.05) is 13.1 Å². The van der Waals surface area contributed by atoms with Crippen molar-refractivity contribution in [3.8, 4) is 0 Å². The molecule has 20 heavy (non-hydrogen) atoms. The van der Waals surface area contributed by atoms with Crippen LogP contribution < -0.4 is 11.1 Å². The number of primary amides is 1. The molecule has 116 valence electrons. The van der Waals surface area contributed by atoms with Gasteiger partial charge in [0.15, 0.2) is 0 Å². The van der Waals surface area contributed by atoms with Gasteiger partial charge in [-0.05, 0) is 27.2 Å². The van der Waals surface area contributed by atoms with Crippen molar-refractivity contribution in [3.05, 3.63) is 0 Å². The zero-order valence-electron chi connectivity index (χ0n) is 12.0. The summed E-state index contributed by atoms with van der Waals surface area (Å²) in [4.78, 5) is 34.9. The van der Waals surface area contributed by atoms with E-state index in [1.165, 1.54) is 4.90 Å². The number of carbonyl (C=O) groups is 3. The largest absolute Gasteiger partial charge is 0.480 e. The molecule has 0 spiro atoms. The summed E-state index contributed by atoms with van der Waals surface area (Å²) in [6, 6.07) is -1.79. The van der Waals surface area contributed by atoms with Crippen LogP contribution in [0.4, 0.5) is 4.79 Å². The molecule has 0 aromatic heterocycles. The number of nitrogens with one attached hydrogen (secondary N) is 1. The van der Waals surface area contributed by atoms with Crippen molar-refractivity contribution in [1.29, 1.82) is 0 Å². The third-order valence-corrected chi connectivity index (χ3v) is 2.52. The SMILES string of the molecule is CCN(CC(C)(C)O)C(=O)N[C@H](CCC(N)=O)C(=O)O. The van der Waals surface area contributed by atoms with Crippen LogP contribution in [-0.2, 0) is 9.59 Å². The first-order valence-electron chi connectivity index (χ1n) is 6.35. The number of aliphatic hydroxyl groups is 1. The first-order chi connectivity index (χ1) is 9.06. The molecule has 0 aliphatic rings. The molecule has 0 heterocycles. The van der Waals surface area contributed by atoms with E-state index in [0.717, 1.165) is 0 Å². The Morgan fingerprint density at radius 2 is 1.90 bits per heavy atom. The average molecular weight is 289 g/mol. The summed E-state index contributed by atoms with van der Waals surface area (Å²) in [5.74, 6) is -1.87. The van der Waals surface area contributed by atoms with Crippen molar-refractivity contribution < 1.29 is 24.6 Å². The minimum Gasteiger partial charge on any atom is -0.480 e. The Kier molecular flexibility index (Phi) is 6.98. The molecule has 0 saturated heterocycles. The van der Waals surface area contributed by atoms with E-state index in [-0.39, 0.29) is 19.4 Å². The Balaban J connectivity index is 4.64. The summed E-state index contributed by atoms with van der Waals surface area (Å²) in [6.45, 7) is 5.19. The number of carboxylic acid groups (broad SMARTS) is 1. The fourth-order valence-corrected chi connectivity index (χ4v) is 1.58. The zero-order chi connectivity index (χ0) is 15.9. The van der Waals surface area contributed by atoms with Crippen molar-refractivity contribution in [1.82, 2.24) is 10.2 Å². The van der Waals surface area contributed by atoms with Crippen molar-refractivity contribution in [2.45, 2.75) is 45.3 Å². The number of likely N-dealkylation sites (N-methyl/N-ethyl adjacent to an activating group) is 1. The number of hydrogen-bond acceptors (Lipinski definition) is 4. The van der Waals surface area contributed by atoms with Crippen LogP contribution in [0.3, 0.4) is 0 Å². The quantitative estimate of drug-likeness (QED) is 0.478. The minimum absolute atomic E-state index is 0.0670. The first kappa shape index (κ1) is 18.2. The van der Waals surface area contributed by atoms with Gasteiger partial charge in [-0.15, -0.1) is 0 Å². The molecule has 0 unspecified atom stereocenters. The number of nitrogens with two attached hydrogens (primary N) is 1. The van der Waals surface area contributed by atoms with Gasteiger partial charge in [-0.2, -0.15) is 0 Å². The van der Waals surface area contributed by atoms with Gasteiger partial charge in [-0.1, -0.05) is 0 Å². The van der Waals surface area contributed by atoms with Crippen LogP contribution in [0.2, 0.25) is 0 Å². The second-order valence-electron chi connectivity index (χ2n) is 5.17. The number of urea groups is 1. The van der Waals surface area contributed by atoms with Crippen LogP contribution in [0.5, 0.6) is 0 Å². The fraction of sp³-hybridized carbons (Fsp3) is 0.750. The Hall–Kier alpha value is -1.83. The van der Waals surface area contributed by atoms with Crippen LogP contribution in [0.25, 0.3) is 0 Å². The summed E-state index contributed by atoms with van der Waals surface area (Å²) >= 11 is 0. The lowest BCUT2D eigenvalue weighted by Gasteiger charge is -2.29. The molecule has 1 atom stereocenters. The molecular weight excluding hydrogens is 266 g/mol. The van der Waals surface area contributed by atoms with Gasteiger partial charge in [-0.25, -0.2) is 9.59 Å². The van der Waals surface area contributed by atoms with E-state index in [1.807, 2.05) is 0 Å². The number of rotatable bonds is 8. The van der Waals surface area contributed by atoms with Crippen molar-refractivity contribution >= 4 is 17.9 Å². The van der Waals surface area contributed by atoms with Crippen molar-refractivity contribution in [3.63, 3.8) is 0 Å². The maximum Gasteiger partial charge on any atom is 0.326 e. The summed E-state index contributed by atoms with van der Waals surface area (Å²) < 4.78 is 0. The van der Waals surface area contributed by atoms with Gasteiger partial charge in [0.1, 0.15) is 6.04 Å². The highest BCUT2D eigenvalue weighted by atomic mass is 16.4. The summed E-state index contributed by atoms with van der Waals surface area (Å²) in [5.41, 5.74) is 3.87.